The van der Waals surface area contributed by atoms with Gasteiger partial charge in [-0.25, -0.2) is 13.2 Å². The average Bonchev–Trinajstić information content (AvgIpc) is 4.06. The fraction of sp³-hybridized carbons (Fsp3) is 0.519. The largest absolute Gasteiger partial charge is 0.508 e. The van der Waals surface area contributed by atoms with E-state index < -0.39 is 29.3 Å². The Morgan fingerprint density at radius 3 is 2.40 bits per heavy atom. The summed E-state index contributed by atoms with van der Waals surface area (Å²) in [5.41, 5.74) is 1.37. The van der Waals surface area contributed by atoms with Gasteiger partial charge in [0.05, 0.1) is 24.2 Å². The van der Waals surface area contributed by atoms with E-state index in [1.54, 1.807) is 23.2 Å². The average molecular weight is 988 g/mol. The molecule has 1 unspecified atom stereocenters. The Balaban J connectivity index is 0.696. The van der Waals surface area contributed by atoms with Crippen LogP contribution in [0.4, 0.5) is 24.7 Å². The van der Waals surface area contributed by atoms with Crippen molar-refractivity contribution >= 4 is 50.9 Å². The number of aromatic hydroxyl groups is 1. The molecule has 378 valence electrons. The van der Waals surface area contributed by atoms with Crippen molar-refractivity contribution < 1.29 is 42.1 Å². The van der Waals surface area contributed by atoms with Crippen LogP contribution in [-0.4, -0.2) is 148 Å². The second kappa shape index (κ2) is 18.1. The van der Waals surface area contributed by atoms with Crippen LogP contribution in [0.2, 0.25) is 0 Å². The number of aromatic nitrogens is 3. The number of nitrogens with zero attached hydrogens (tertiary/aromatic N) is 8. The molecule has 12 rings (SSSR count). The number of imide groups is 1. The number of halogens is 3. The molecule has 0 radical (unpaired) electrons. The third kappa shape index (κ3) is 8.65. The highest BCUT2D eigenvalue weighted by Crippen LogP contribution is 2.48. The van der Waals surface area contributed by atoms with Crippen molar-refractivity contribution in [3.63, 3.8) is 0 Å². The van der Waals surface area contributed by atoms with Crippen LogP contribution in [0.1, 0.15) is 86.2 Å². The van der Waals surface area contributed by atoms with Gasteiger partial charge in [-0.15, -0.1) is 0 Å². The summed E-state index contributed by atoms with van der Waals surface area (Å²) in [5, 5.41) is 14.6. The molecule has 5 saturated heterocycles. The first-order valence-corrected chi connectivity index (χ1v) is 25.8. The number of likely N-dealkylation sites (tertiary alicyclic amines) is 1. The van der Waals surface area contributed by atoms with E-state index >= 15 is 13.2 Å². The molecule has 2 aromatic heterocycles. The number of rotatable bonds is 12. The maximum Gasteiger partial charge on any atom is 0.319 e. The second-order valence-electron chi connectivity index (χ2n) is 21.5. The van der Waals surface area contributed by atoms with Gasteiger partial charge in [-0.2, -0.15) is 9.97 Å². The molecule has 1 aliphatic carbocycles. The van der Waals surface area contributed by atoms with Crippen LogP contribution in [-0.2, 0) is 27.3 Å². The lowest BCUT2D eigenvalue weighted by Crippen LogP contribution is -2.56. The summed E-state index contributed by atoms with van der Waals surface area (Å²) < 4.78 is 61.6. The van der Waals surface area contributed by atoms with Crippen molar-refractivity contribution in [2.45, 2.75) is 95.0 Å². The number of piperidine rings is 3. The van der Waals surface area contributed by atoms with Gasteiger partial charge >= 0.3 is 6.01 Å². The second-order valence-corrected chi connectivity index (χ2v) is 21.5. The monoisotopic (exact) mass is 987 g/mol. The molecule has 6 aliphatic heterocycles. The normalized spacial score (nSPS) is 24.2. The minimum Gasteiger partial charge on any atom is -0.508 e. The van der Waals surface area contributed by atoms with Gasteiger partial charge in [-0.3, -0.25) is 29.6 Å². The number of benzene rings is 3. The first-order valence-electron chi connectivity index (χ1n) is 25.8. The molecule has 1 spiro atoms. The van der Waals surface area contributed by atoms with Gasteiger partial charge in [0.25, 0.3) is 5.91 Å². The maximum absolute atomic E-state index is 17.2. The van der Waals surface area contributed by atoms with Gasteiger partial charge < -0.3 is 34.2 Å². The summed E-state index contributed by atoms with van der Waals surface area (Å²) in [6.07, 6.45) is 7.95. The number of phenolic OH excluding ortho intramolecular Hbond substituents is 1. The van der Waals surface area contributed by atoms with Gasteiger partial charge in [-0.1, -0.05) is 13.0 Å². The third-order valence-corrected chi connectivity index (χ3v) is 16.7. The molecule has 2 atom stereocenters. The number of hydrogen-bond donors (Lipinski definition) is 2. The number of carbonyl (C=O) groups is 3. The zero-order chi connectivity index (χ0) is 49.5. The molecule has 6 fully saturated rings. The van der Waals surface area contributed by atoms with Gasteiger partial charge in [0, 0.05) is 113 Å². The van der Waals surface area contributed by atoms with E-state index in [1.807, 2.05) is 25.1 Å². The number of anilines is 2. The molecule has 8 heterocycles. The van der Waals surface area contributed by atoms with Crippen LogP contribution in [0.15, 0.2) is 48.7 Å². The highest BCUT2D eigenvalue weighted by molar-refractivity contribution is 6.06. The van der Waals surface area contributed by atoms with Crippen molar-refractivity contribution in [1.82, 2.24) is 35.0 Å². The summed E-state index contributed by atoms with van der Waals surface area (Å²) in [5.74, 6) is -1.62. The van der Waals surface area contributed by atoms with Gasteiger partial charge in [0.2, 0.25) is 11.8 Å². The molecular weight excluding hydrogens is 928 g/mol. The van der Waals surface area contributed by atoms with Crippen LogP contribution >= 0.6 is 0 Å². The Hall–Kier alpha value is -6.11. The number of hydrogen-bond acceptors (Lipinski definition) is 13. The van der Waals surface area contributed by atoms with Crippen LogP contribution < -0.4 is 19.9 Å². The molecule has 72 heavy (non-hydrogen) atoms. The molecular formula is C54H60F3N9O6. The van der Waals surface area contributed by atoms with E-state index in [0.717, 1.165) is 63.0 Å². The molecule has 3 amide bonds. The Morgan fingerprint density at radius 1 is 0.875 bits per heavy atom. The van der Waals surface area contributed by atoms with Crippen molar-refractivity contribution in [2.24, 2.45) is 5.41 Å². The Labute approximate surface area is 415 Å². The number of ether oxygens (including phenoxy) is 2. The summed E-state index contributed by atoms with van der Waals surface area (Å²) in [4.78, 5) is 62.3. The zero-order valence-electron chi connectivity index (χ0n) is 40.7. The number of fused-ring (bicyclic) bond motifs is 3. The lowest BCUT2D eigenvalue weighted by Gasteiger charge is -2.48. The number of carbonyl (C=O) groups excluding carboxylic acids is 3. The Bertz CT molecular complexity index is 3010. The van der Waals surface area contributed by atoms with Crippen LogP contribution in [0.25, 0.3) is 32.9 Å². The quantitative estimate of drug-likeness (QED) is 0.128. The minimum absolute atomic E-state index is 0.0303. The molecule has 18 heteroatoms. The van der Waals surface area contributed by atoms with Gasteiger partial charge in [0.1, 0.15) is 40.3 Å². The summed E-state index contributed by atoms with van der Waals surface area (Å²) in [7, 11) is 0. The first-order chi connectivity index (χ1) is 34.8. The smallest absolute Gasteiger partial charge is 0.319 e. The van der Waals surface area contributed by atoms with Crippen molar-refractivity contribution in [2.75, 3.05) is 88.5 Å². The van der Waals surface area contributed by atoms with Gasteiger partial charge in [0.15, 0.2) is 5.82 Å². The van der Waals surface area contributed by atoms with Crippen LogP contribution in [0.3, 0.4) is 0 Å². The topological polar surface area (TPSA) is 157 Å². The number of nitrogens with one attached hydrogen (secondary N) is 1. The van der Waals surface area contributed by atoms with E-state index in [0.29, 0.717) is 124 Å². The lowest BCUT2D eigenvalue weighted by atomic mass is 9.86. The molecule has 5 aromatic rings. The first kappa shape index (κ1) is 46.9. The summed E-state index contributed by atoms with van der Waals surface area (Å²) in [6, 6.07) is 11.1. The van der Waals surface area contributed by atoms with Crippen molar-refractivity contribution in [3.05, 3.63) is 77.0 Å². The highest BCUT2D eigenvalue weighted by Gasteiger charge is 2.48. The molecule has 2 N–H and O–H groups in total. The van der Waals surface area contributed by atoms with Crippen LogP contribution in [0.5, 0.6) is 11.8 Å². The molecule has 3 aromatic carbocycles. The number of phenols is 1. The predicted octanol–water partition coefficient (Wildman–Crippen LogP) is 6.70. The van der Waals surface area contributed by atoms with Crippen molar-refractivity contribution in [3.8, 4) is 23.0 Å². The number of aryl methyl sites for hydroxylation is 1. The number of alkyl halides is 1. The Morgan fingerprint density at radius 2 is 1.67 bits per heavy atom. The lowest BCUT2D eigenvalue weighted by molar-refractivity contribution is -0.151. The minimum atomic E-state index is -1.30. The highest BCUT2D eigenvalue weighted by atomic mass is 19.1. The van der Waals surface area contributed by atoms with E-state index in [2.05, 4.69) is 29.9 Å². The molecule has 0 bridgehead atoms. The SMILES string of the molecule is CCc1c(F)ccc2cc(O)cc(-c3ncc4c(N5CCCC6(CCO6)C5)nc(OCC5(CN6CCC(F)(CN7CCN(c8ccc9c(c8)CN([C@H]8CCC(=O)NC8=O)C9=O)CC7)CC6)CC5)nc4c3F)c12. The van der Waals surface area contributed by atoms with Crippen LogP contribution in [0, 0.1) is 17.0 Å². The Kier molecular flexibility index (Phi) is 11.8. The standard InChI is InChI=1S/C54H60F3N9O6/c1-2-37-41(55)7-4-33-25-36(67)26-39(44(33)37)46-45(56)47-40(27-58-46)48(65-16-3-10-54(31-65)15-23-72-54)61-51(60-47)71-32-52(11-12-52)29-62-17-13-53(57,14-18-62)30-63-19-21-64(22-20-63)35-5-6-38-34(24-35)28-66(50(38)70)42-8-9-43(68)59-49(42)69/h4-7,24-27,42,67H,2-3,8-23,28-32H2,1H3,(H,59,68,69)/t42-,54?/m0/s1. The van der Waals surface area contributed by atoms with E-state index in [-0.39, 0.29) is 57.8 Å². The predicted molar refractivity (Wildman–Crippen MR) is 264 cm³/mol. The van der Waals surface area contributed by atoms with E-state index in [9.17, 15) is 19.5 Å². The molecule has 1 saturated carbocycles. The molecule has 7 aliphatic rings. The number of pyridine rings is 1. The number of amides is 3. The fourth-order valence-electron chi connectivity index (χ4n) is 12.3. The third-order valence-electron chi connectivity index (χ3n) is 16.7. The summed E-state index contributed by atoms with van der Waals surface area (Å²) in [6.45, 7) is 9.74. The maximum atomic E-state index is 17.2. The van der Waals surface area contributed by atoms with E-state index in [4.69, 9.17) is 19.4 Å². The van der Waals surface area contributed by atoms with Gasteiger partial charge in [-0.05, 0) is 110 Å². The zero-order valence-corrected chi connectivity index (χ0v) is 40.7. The molecule has 15 nitrogen and oxygen atoms in total. The number of piperazine rings is 1. The van der Waals surface area contributed by atoms with E-state index in [1.165, 1.54) is 12.1 Å². The van der Waals surface area contributed by atoms with Crippen molar-refractivity contribution in [1.29, 1.82) is 0 Å². The summed E-state index contributed by atoms with van der Waals surface area (Å²) >= 11 is 0. The fourth-order valence-corrected chi connectivity index (χ4v) is 12.3.